The molecule has 0 aromatic heterocycles. The molecule has 146 valence electrons. The number of ether oxygens (including phenoxy) is 1. The van der Waals surface area contributed by atoms with Crippen molar-refractivity contribution in [2.75, 3.05) is 18.1 Å². The molecule has 0 amide bonds. The first-order valence-electron chi connectivity index (χ1n) is 10.0. The predicted octanol–water partition coefficient (Wildman–Crippen LogP) is 6.08. The Bertz CT molecular complexity index is 985. The lowest BCUT2D eigenvalue weighted by Crippen LogP contribution is -2.49. The molecule has 2 heterocycles. The first-order valence-corrected chi connectivity index (χ1v) is 12.0. The number of benzene rings is 3. The van der Waals surface area contributed by atoms with Crippen molar-refractivity contribution in [3.63, 3.8) is 0 Å². The summed E-state index contributed by atoms with van der Waals surface area (Å²) in [5.74, 6) is 3.00. The lowest BCUT2D eigenvalue weighted by Gasteiger charge is -2.48. The maximum Gasteiger partial charge on any atom is 0.217 e. The minimum absolute atomic E-state index is 0.242. The molecule has 0 spiro atoms. The maximum absolute atomic E-state index is 6.93. The Balaban J connectivity index is 1.67. The average molecular weight is 418 g/mol. The van der Waals surface area contributed by atoms with Crippen molar-refractivity contribution in [3.8, 4) is 0 Å². The van der Waals surface area contributed by atoms with Crippen LogP contribution in [0.15, 0.2) is 96.0 Å². The lowest BCUT2D eigenvalue weighted by atomic mass is 9.86. The second-order valence-electron chi connectivity index (χ2n) is 7.32. The summed E-state index contributed by atoms with van der Waals surface area (Å²) in [4.78, 5) is 4.95. The molecular weight excluding hydrogens is 394 g/mol. The van der Waals surface area contributed by atoms with E-state index in [1.807, 2.05) is 41.7 Å². The number of aliphatic imine (C=N–C) groups is 1. The van der Waals surface area contributed by atoms with Gasteiger partial charge in [0.25, 0.3) is 0 Å². The molecule has 0 saturated carbocycles. The van der Waals surface area contributed by atoms with E-state index in [0.29, 0.717) is 6.54 Å². The monoisotopic (exact) mass is 417 g/mol. The molecule has 0 radical (unpaired) electrons. The largest absolute Gasteiger partial charge is 0.461 e. The van der Waals surface area contributed by atoms with Crippen LogP contribution in [-0.4, -0.2) is 23.9 Å². The number of thioether (sulfide) groups is 2. The SMILES string of the molecule is c1ccc(C2=NC[C@](c3ccccc3)(C3(c4ccccc4)SCCCS3)O2)cc1. The van der Waals surface area contributed by atoms with Gasteiger partial charge in [-0.3, -0.25) is 0 Å². The molecule has 4 heteroatoms. The molecular formula is C25H23NOS2. The summed E-state index contributed by atoms with van der Waals surface area (Å²) >= 11 is 4.03. The van der Waals surface area contributed by atoms with E-state index in [9.17, 15) is 0 Å². The molecule has 2 nitrogen and oxygen atoms in total. The van der Waals surface area contributed by atoms with Crippen LogP contribution in [0.25, 0.3) is 0 Å². The van der Waals surface area contributed by atoms with Gasteiger partial charge in [-0.15, -0.1) is 23.5 Å². The maximum atomic E-state index is 6.93. The number of hydrogen-bond donors (Lipinski definition) is 0. The van der Waals surface area contributed by atoms with Crippen molar-refractivity contribution in [1.82, 2.24) is 0 Å². The molecule has 1 fully saturated rings. The Morgan fingerprint density at radius 2 is 1.24 bits per heavy atom. The standard InChI is InChI=1S/C25H23NOS2/c1-4-11-20(12-5-1)23-26-19-24(27-23,21-13-6-2-7-14-21)25(28-17-10-18-29-25)22-15-8-3-9-16-22/h1-9,11-16H,10,17-19H2/t24-/m0/s1. The first kappa shape index (κ1) is 18.8. The number of hydrogen-bond acceptors (Lipinski definition) is 4. The molecule has 3 aromatic rings. The Kier molecular flexibility index (Phi) is 5.15. The molecule has 29 heavy (non-hydrogen) atoms. The van der Waals surface area contributed by atoms with Gasteiger partial charge in [-0.1, -0.05) is 78.9 Å². The zero-order valence-electron chi connectivity index (χ0n) is 16.2. The third-order valence-electron chi connectivity index (χ3n) is 5.56. The van der Waals surface area contributed by atoms with Gasteiger partial charge < -0.3 is 4.74 Å². The molecule has 0 bridgehead atoms. The van der Waals surface area contributed by atoms with E-state index in [1.54, 1.807) is 0 Å². The van der Waals surface area contributed by atoms with E-state index < -0.39 is 5.60 Å². The molecule has 3 aromatic carbocycles. The summed E-state index contributed by atoms with van der Waals surface area (Å²) in [5, 5.41) is 0. The van der Waals surface area contributed by atoms with Gasteiger partial charge in [-0.05, 0) is 41.2 Å². The lowest BCUT2D eigenvalue weighted by molar-refractivity contribution is 0.0708. The van der Waals surface area contributed by atoms with E-state index in [1.165, 1.54) is 17.5 Å². The molecule has 0 N–H and O–H groups in total. The first-order chi connectivity index (χ1) is 14.3. The summed E-state index contributed by atoms with van der Waals surface area (Å²) in [6, 6.07) is 31.8. The molecule has 1 saturated heterocycles. The summed E-state index contributed by atoms with van der Waals surface area (Å²) in [6.45, 7) is 0.621. The third-order valence-corrected chi connectivity index (χ3v) is 9.20. The zero-order valence-corrected chi connectivity index (χ0v) is 17.8. The summed E-state index contributed by atoms with van der Waals surface area (Å²) in [6.07, 6.45) is 1.22. The minimum Gasteiger partial charge on any atom is -0.461 e. The smallest absolute Gasteiger partial charge is 0.217 e. The molecule has 0 unspecified atom stereocenters. The molecule has 1 atom stereocenters. The van der Waals surface area contributed by atoms with Crippen molar-refractivity contribution >= 4 is 29.4 Å². The van der Waals surface area contributed by atoms with Crippen LogP contribution in [0.3, 0.4) is 0 Å². The normalized spacial score (nSPS) is 23.2. The Morgan fingerprint density at radius 3 is 1.86 bits per heavy atom. The van der Waals surface area contributed by atoms with Gasteiger partial charge in [0.2, 0.25) is 5.90 Å². The van der Waals surface area contributed by atoms with E-state index in [0.717, 1.165) is 23.0 Å². The minimum atomic E-state index is -0.545. The quantitative estimate of drug-likeness (QED) is 0.513. The van der Waals surface area contributed by atoms with Crippen molar-refractivity contribution in [1.29, 1.82) is 0 Å². The molecule has 0 aliphatic carbocycles. The second-order valence-corrected chi connectivity index (χ2v) is 10.2. The van der Waals surface area contributed by atoms with Crippen LogP contribution in [0.4, 0.5) is 0 Å². The van der Waals surface area contributed by atoms with Crippen molar-refractivity contribution in [2.45, 2.75) is 16.1 Å². The Hall–Kier alpha value is -2.17. The van der Waals surface area contributed by atoms with Gasteiger partial charge in [-0.25, -0.2) is 4.99 Å². The van der Waals surface area contributed by atoms with Crippen LogP contribution in [0.1, 0.15) is 23.1 Å². The highest BCUT2D eigenvalue weighted by atomic mass is 32.2. The number of rotatable bonds is 4. The highest BCUT2D eigenvalue weighted by Gasteiger charge is 2.60. The van der Waals surface area contributed by atoms with Crippen LogP contribution in [0, 0.1) is 0 Å². The molecule has 5 rings (SSSR count). The van der Waals surface area contributed by atoms with Crippen LogP contribution in [0.5, 0.6) is 0 Å². The van der Waals surface area contributed by atoms with Crippen molar-refractivity contribution < 1.29 is 4.74 Å². The highest BCUT2D eigenvalue weighted by molar-refractivity contribution is 8.18. The second kappa shape index (κ2) is 7.92. The van der Waals surface area contributed by atoms with E-state index in [4.69, 9.17) is 9.73 Å². The van der Waals surface area contributed by atoms with Gasteiger partial charge in [-0.2, -0.15) is 0 Å². The Morgan fingerprint density at radius 1 is 0.690 bits per heavy atom. The fourth-order valence-electron chi connectivity index (χ4n) is 4.19. The summed E-state index contributed by atoms with van der Waals surface area (Å²) in [7, 11) is 0. The Labute approximate surface area is 180 Å². The van der Waals surface area contributed by atoms with Crippen LogP contribution < -0.4 is 0 Å². The van der Waals surface area contributed by atoms with Gasteiger partial charge in [0.15, 0.2) is 5.60 Å². The van der Waals surface area contributed by atoms with Crippen LogP contribution in [-0.2, 0) is 14.4 Å². The van der Waals surface area contributed by atoms with E-state index >= 15 is 0 Å². The fourth-order valence-corrected chi connectivity index (χ4v) is 7.87. The van der Waals surface area contributed by atoms with Crippen LogP contribution >= 0.6 is 23.5 Å². The summed E-state index contributed by atoms with van der Waals surface area (Å²) in [5.41, 5.74) is 3.00. The van der Waals surface area contributed by atoms with Crippen molar-refractivity contribution in [2.24, 2.45) is 4.99 Å². The molecule has 2 aliphatic rings. The van der Waals surface area contributed by atoms with Gasteiger partial charge in [0.05, 0.1) is 6.54 Å². The number of nitrogens with zero attached hydrogens (tertiary/aromatic N) is 1. The van der Waals surface area contributed by atoms with Crippen LogP contribution in [0.2, 0.25) is 0 Å². The fraction of sp³-hybridized carbons (Fsp3) is 0.240. The van der Waals surface area contributed by atoms with Crippen molar-refractivity contribution in [3.05, 3.63) is 108 Å². The highest BCUT2D eigenvalue weighted by Crippen LogP contribution is 2.63. The van der Waals surface area contributed by atoms with Gasteiger partial charge >= 0.3 is 0 Å². The summed E-state index contributed by atoms with van der Waals surface area (Å²) < 4.78 is 6.68. The third kappa shape index (κ3) is 3.19. The predicted molar refractivity (Wildman–Crippen MR) is 125 cm³/mol. The van der Waals surface area contributed by atoms with Gasteiger partial charge in [0.1, 0.15) is 4.08 Å². The van der Waals surface area contributed by atoms with E-state index in [2.05, 4.69) is 72.8 Å². The van der Waals surface area contributed by atoms with E-state index in [-0.39, 0.29) is 4.08 Å². The topological polar surface area (TPSA) is 21.6 Å². The van der Waals surface area contributed by atoms with Gasteiger partial charge in [0, 0.05) is 5.56 Å². The average Bonchev–Trinajstić information content (AvgIpc) is 3.29. The molecule has 2 aliphatic heterocycles. The zero-order chi connectivity index (χ0) is 19.6.